The molecule has 2 N–H and O–H groups in total. The minimum atomic E-state index is -4.64. The number of nitriles is 1. The fourth-order valence-corrected chi connectivity index (χ4v) is 4.93. The first kappa shape index (κ1) is 23.9. The van der Waals surface area contributed by atoms with Gasteiger partial charge in [0.15, 0.2) is 0 Å². The van der Waals surface area contributed by atoms with E-state index < -0.39 is 29.1 Å². The molecule has 2 amide bonds. The number of benzene rings is 1. The van der Waals surface area contributed by atoms with E-state index in [1.54, 1.807) is 11.0 Å². The van der Waals surface area contributed by atoms with Crippen LogP contribution in [0.1, 0.15) is 44.2 Å². The second kappa shape index (κ2) is 9.39. The van der Waals surface area contributed by atoms with Crippen LogP contribution in [0.2, 0.25) is 0 Å². The SMILES string of the molecule is CC(C)CC(=O)N1CCC([C@@H]2CN(c3ccc(C#N)c(C(F)(F)F)c3)C[C@H]2C(N)=O)CC1. The second-order valence-electron chi connectivity index (χ2n) is 9.23. The minimum absolute atomic E-state index is 0.0835. The predicted molar refractivity (Wildman–Crippen MR) is 113 cm³/mol. The average Bonchev–Trinajstić information content (AvgIpc) is 3.18. The predicted octanol–water partition coefficient (Wildman–Crippen LogP) is 3.40. The van der Waals surface area contributed by atoms with Crippen molar-refractivity contribution >= 4 is 17.5 Å². The van der Waals surface area contributed by atoms with E-state index in [1.807, 2.05) is 18.7 Å². The lowest BCUT2D eigenvalue weighted by atomic mass is 9.78. The fourth-order valence-electron chi connectivity index (χ4n) is 4.93. The number of alkyl halides is 3. The van der Waals surface area contributed by atoms with Gasteiger partial charge < -0.3 is 15.5 Å². The van der Waals surface area contributed by atoms with Crippen LogP contribution in [-0.2, 0) is 15.8 Å². The van der Waals surface area contributed by atoms with Crippen molar-refractivity contribution in [1.29, 1.82) is 5.26 Å². The standard InChI is InChI=1S/C23H29F3N4O2/c1-14(2)9-21(31)29-7-5-15(6-8-29)18-12-30(13-19(18)22(28)32)17-4-3-16(11-27)20(10-17)23(24,25)26/h3-4,10,14-15,18-19H,5-9,12-13H2,1-2H3,(H2,28,32)/t18-,19+/m0/s1. The zero-order chi connectivity index (χ0) is 23.6. The van der Waals surface area contributed by atoms with E-state index in [0.717, 1.165) is 18.9 Å². The molecule has 6 nitrogen and oxygen atoms in total. The molecular formula is C23H29F3N4O2. The van der Waals surface area contributed by atoms with Crippen LogP contribution >= 0.6 is 0 Å². The van der Waals surface area contributed by atoms with Gasteiger partial charge in [-0.15, -0.1) is 0 Å². The van der Waals surface area contributed by atoms with Crippen molar-refractivity contribution in [1.82, 2.24) is 4.90 Å². The van der Waals surface area contributed by atoms with Crippen LogP contribution in [0.3, 0.4) is 0 Å². The number of hydrogen-bond acceptors (Lipinski definition) is 4. The molecule has 2 fully saturated rings. The smallest absolute Gasteiger partial charge is 0.370 e. The normalized spacial score (nSPS) is 22.3. The highest BCUT2D eigenvalue weighted by Gasteiger charge is 2.43. The van der Waals surface area contributed by atoms with Crippen LogP contribution in [0.15, 0.2) is 18.2 Å². The number of likely N-dealkylation sites (tertiary alicyclic amines) is 1. The molecule has 0 aromatic heterocycles. The Morgan fingerprint density at radius 1 is 1.22 bits per heavy atom. The van der Waals surface area contributed by atoms with Gasteiger partial charge in [0, 0.05) is 38.3 Å². The molecule has 0 spiro atoms. The van der Waals surface area contributed by atoms with E-state index in [-0.39, 0.29) is 30.2 Å². The number of amides is 2. The number of carbonyl (C=O) groups is 2. The second-order valence-corrected chi connectivity index (χ2v) is 9.23. The lowest BCUT2D eigenvalue weighted by Gasteiger charge is -2.36. The average molecular weight is 451 g/mol. The molecule has 1 aromatic rings. The number of nitrogens with two attached hydrogens (primary N) is 1. The molecule has 174 valence electrons. The van der Waals surface area contributed by atoms with Gasteiger partial charge >= 0.3 is 6.18 Å². The Balaban J connectivity index is 1.75. The highest BCUT2D eigenvalue weighted by Crippen LogP contribution is 2.40. The zero-order valence-electron chi connectivity index (χ0n) is 18.4. The van der Waals surface area contributed by atoms with E-state index in [0.29, 0.717) is 31.7 Å². The van der Waals surface area contributed by atoms with E-state index in [4.69, 9.17) is 11.0 Å². The van der Waals surface area contributed by atoms with Crippen LogP contribution in [0, 0.1) is 35.0 Å². The Labute approximate surface area is 186 Å². The number of nitrogens with zero attached hydrogens (tertiary/aromatic N) is 3. The third-order valence-corrected chi connectivity index (χ3v) is 6.61. The molecule has 2 atom stereocenters. The lowest BCUT2D eigenvalue weighted by molar-refractivity contribution is -0.137. The van der Waals surface area contributed by atoms with Gasteiger partial charge in [0.25, 0.3) is 0 Å². The van der Waals surface area contributed by atoms with Gasteiger partial charge in [-0.2, -0.15) is 18.4 Å². The Morgan fingerprint density at radius 2 is 1.88 bits per heavy atom. The Hall–Kier alpha value is -2.76. The number of anilines is 1. The molecule has 32 heavy (non-hydrogen) atoms. The Kier molecular flexibility index (Phi) is 7.01. The summed E-state index contributed by atoms with van der Waals surface area (Å²) in [6.07, 6.45) is -2.65. The molecule has 0 radical (unpaired) electrons. The molecule has 2 heterocycles. The van der Waals surface area contributed by atoms with Crippen LogP contribution in [0.4, 0.5) is 18.9 Å². The van der Waals surface area contributed by atoms with E-state index in [2.05, 4.69) is 0 Å². The van der Waals surface area contributed by atoms with Crippen molar-refractivity contribution in [2.24, 2.45) is 29.4 Å². The first-order chi connectivity index (χ1) is 15.0. The maximum Gasteiger partial charge on any atom is 0.417 e. The summed E-state index contributed by atoms with van der Waals surface area (Å²) in [6.45, 7) is 5.91. The summed E-state index contributed by atoms with van der Waals surface area (Å²) < 4.78 is 40.1. The molecule has 9 heteroatoms. The molecule has 2 saturated heterocycles. The van der Waals surface area contributed by atoms with E-state index in [9.17, 15) is 22.8 Å². The van der Waals surface area contributed by atoms with Gasteiger partial charge in [0.2, 0.25) is 11.8 Å². The summed E-state index contributed by atoms with van der Waals surface area (Å²) in [5.74, 6) is -0.420. The van der Waals surface area contributed by atoms with Crippen molar-refractivity contribution < 1.29 is 22.8 Å². The molecule has 0 saturated carbocycles. The molecule has 2 aliphatic rings. The largest absolute Gasteiger partial charge is 0.417 e. The summed E-state index contributed by atoms with van der Waals surface area (Å²) in [6, 6.07) is 5.22. The summed E-state index contributed by atoms with van der Waals surface area (Å²) in [5, 5.41) is 9.02. The van der Waals surface area contributed by atoms with Crippen LogP contribution < -0.4 is 10.6 Å². The third kappa shape index (κ3) is 5.17. The van der Waals surface area contributed by atoms with Gasteiger partial charge in [-0.3, -0.25) is 9.59 Å². The molecular weight excluding hydrogens is 421 g/mol. The quantitative estimate of drug-likeness (QED) is 0.745. The van der Waals surface area contributed by atoms with Crippen molar-refractivity contribution in [3.05, 3.63) is 29.3 Å². The number of primary amides is 1. The maximum absolute atomic E-state index is 13.4. The summed E-state index contributed by atoms with van der Waals surface area (Å²) in [4.78, 5) is 28.1. The number of rotatable bonds is 5. The minimum Gasteiger partial charge on any atom is -0.370 e. The van der Waals surface area contributed by atoms with Crippen LogP contribution in [-0.4, -0.2) is 42.9 Å². The first-order valence-electron chi connectivity index (χ1n) is 10.9. The molecule has 1 aromatic carbocycles. The van der Waals surface area contributed by atoms with Crippen LogP contribution in [0.25, 0.3) is 0 Å². The van der Waals surface area contributed by atoms with Crippen molar-refractivity contribution in [3.8, 4) is 6.07 Å². The van der Waals surface area contributed by atoms with Gasteiger partial charge in [-0.25, -0.2) is 0 Å². The van der Waals surface area contributed by atoms with Gasteiger partial charge in [0.1, 0.15) is 0 Å². The van der Waals surface area contributed by atoms with Gasteiger partial charge in [0.05, 0.1) is 23.1 Å². The monoisotopic (exact) mass is 450 g/mol. The van der Waals surface area contributed by atoms with Gasteiger partial charge in [-0.1, -0.05) is 13.8 Å². The third-order valence-electron chi connectivity index (χ3n) is 6.61. The summed E-state index contributed by atoms with van der Waals surface area (Å²) in [5.41, 5.74) is 4.58. The molecule has 2 aliphatic heterocycles. The number of halogens is 3. The Morgan fingerprint density at radius 3 is 2.41 bits per heavy atom. The highest BCUT2D eigenvalue weighted by atomic mass is 19.4. The van der Waals surface area contributed by atoms with Crippen molar-refractivity contribution in [3.63, 3.8) is 0 Å². The first-order valence-corrected chi connectivity index (χ1v) is 10.9. The summed E-state index contributed by atoms with van der Waals surface area (Å²) in [7, 11) is 0. The van der Waals surface area contributed by atoms with Gasteiger partial charge in [-0.05, 0) is 48.8 Å². The molecule has 0 aliphatic carbocycles. The lowest BCUT2D eigenvalue weighted by Crippen LogP contribution is -2.43. The Bertz CT molecular complexity index is 901. The zero-order valence-corrected chi connectivity index (χ0v) is 18.4. The number of hydrogen-bond donors (Lipinski definition) is 1. The summed E-state index contributed by atoms with van der Waals surface area (Å²) >= 11 is 0. The van der Waals surface area contributed by atoms with Crippen molar-refractivity contribution in [2.45, 2.75) is 39.3 Å². The molecule has 0 unspecified atom stereocenters. The fraction of sp³-hybridized carbons (Fsp3) is 0.609. The van der Waals surface area contributed by atoms with Crippen LogP contribution in [0.5, 0.6) is 0 Å². The topological polar surface area (TPSA) is 90.4 Å². The number of piperidine rings is 1. The molecule has 3 rings (SSSR count). The molecule has 0 bridgehead atoms. The highest BCUT2D eigenvalue weighted by molar-refractivity contribution is 5.79. The van der Waals surface area contributed by atoms with Crippen molar-refractivity contribution in [2.75, 3.05) is 31.1 Å². The van der Waals surface area contributed by atoms with E-state index in [1.165, 1.54) is 12.1 Å². The number of carbonyl (C=O) groups excluding carboxylic acids is 2. The van der Waals surface area contributed by atoms with E-state index >= 15 is 0 Å². The maximum atomic E-state index is 13.4.